The lowest BCUT2D eigenvalue weighted by molar-refractivity contribution is 0.221. The molecule has 0 saturated carbocycles. The van der Waals surface area contributed by atoms with Crippen molar-refractivity contribution in [1.29, 1.82) is 0 Å². The zero-order valence-corrected chi connectivity index (χ0v) is 20.2. The molecule has 0 bridgehead atoms. The van der Waals surface area contributed by atoms with Crippen molar-refractivity contribution in [2.45, 2.75) is 45.1 Å². The van der Waals surface area contributed by atoms with Gasteiger partial charge < -0.3 is 9.05 Å². The number of nitrogens with zero attached hydrogens (tertiary/aromatic N) is 1. The normalized spacial score (nSPS) is 18.1. The highest BCUT2D eigenvalue weighted by molar-refractivity contribution is 7.89. The maximum absolute atomic E-state index is 13.7. The van der Waals surface area contributed by atoms with Gasteiger partial charge in [0.15, 0.2) is 0 Å². The van der Waals surface area contributed by atoms with Crippen LogP contribution in [0.4, 0.5) is 0 Å². The Labute approximate surface area is 185 Å². The molecular formula is C23H30NO5PS. The molecule has 1 heterocycles. The summed E-state index contributed by atoms with van der Waals surface area (Å²) in [6.07, 6.45) is 2.21. The smallest absolute Gasteiger partial charge is 0.306 e. The highest BCUT2D eigenvalue weighted by atomic mass is 32.2. The van der Waals surface area contributed by atoms with E-state index in [0.717, 1.165) is 16.7 Å². The highest BCUT2D eigenvalue weighted by Gasteiger charge is 2.41. The largest absolute Gasteiger partial charge is 0.358 e. The Morgan fingerprint density at radius 3 is 2.19 bits per heavy atom. The highest BCUT2D eigenvalue weighted by Crippen LogP contribution is 2.58. The molecule has 0 aromatic heterocycles. The van der Waals surface area contributed by atoms with Crippen LogP contribution in [0.15, 0.2) is 64.8 Å². The van der Waals surface area contributed by atoms with E-state index >= 15 is 0 Å². The summed E-state index contributed by atoms with van der Waals surface area (Å²) in [6.45, 7) is 7.73. The third-order valence-corrected chi connectivity index (χ3v) is 9.46. The number of aryl methyl sites for hydroxylation is 2. The second-order valence-corrected chi connectivity index (χ2v) is 11.5. The summed E-state index contributed by atoms with van der Waals surface area (Å²) in [5, 5.41) is 0.386. The summed E-state index contributed by atoms with van der Waals surface area (Å²) in [6, 6.07) is 14.1. The van der Waals surface area contributed by atoms with Gasteiger partial charge in [0.25, 0.3) is 0 Å². The van der Waals surface area contributed by atoms with Crippen LogP contribution in [0.5, 0.6) is 0 Å². The van der Waals surface area contributed by atoms with Crippen LogP contribution in [0, 0.1) is 13.8 Å². The number of hydrogen-bond acceptors (Lipinski definition) is 5. The van der Waals surface area contributed by atoms with Gasteiger partial charge in [-0.3, -0.25) is 4.57 Å². The molecule has 0 fully saturated rings. The van der Waals surface area contributed by atoms with Crippen molar-refractivity contribution in [2.24, 2.45) is 0 Å². The fourth-order valence-corrected chi connectivity index (χ4v) is 7.21. The van der Waals surface area contributed by atoms with Gasteiger partial charge in [0, 0.05) is 6.54 Å². The van der Waals surface area contributed by atoms with Gasteiger partial charge in [-0.15, -0.1) is 0 Å². The Bertz CT molecular complexity index is 1090. The summed E-state index contributed by atoms with van der Waals surface area (Å²) >= 11 is 0. The quantitative estimate of drug-likeness (QED) is 0.477. The van der Waals surface area contributed by atoms with E-state index in [1.165, 1.54) is 4.31 Å². The van der Waals surface area contributed by atoms with E-state index in [-0.39, 0.29) is 24.7 Å². The van der Waals surface area contributed by atoms with Crippen molar-refractivity contribution < 1.29 is 22.0 Å². The first kappa shape index (κ1) is 23.9. The van der Waals surface area contributed by atoms with E-state index in [9.17, 15) is 13.0 Å². The molecule has 1 atom stereocenters. The third-order valence-electron chi connectivity index (χ3n) is 5.37. The summed E-state index contributed by atoms with van der Waals surface area (Å²) in [7, 11) is -7.43. The summed E-state index contributed by atoms with van der Waals surface area (Å²) in [5.41, 5.74) is 2.91. The van der Waals surface area contributed by atoms with Crippen molar-refractivity contribution in [3.8, 4) is 0 Å². The molecule has 3 rings (SSSR count). The van der Waals surface area contributed by atoms with Crippen molar-refractivity contribution in [2.75, 3.05) is 19.8 Å². The molecule has 0 spiro atoms. The molecule has 0 saturated heterocycles. The number of benzene rings is 2. The van der Waals surface area contributed by atoms with E-state index in [2.05, 4.69) is 0 Å². The van der Waals surface area contributed by atoms with Crippen molar-refractivity contribution >= 4 is 17.6 Å². The first-order valence-corrected chi connectivity index (χ1v) is 13.4. The SMILES string of the molecule is CCOP(=O)(OCC)C1=CCC(c2ccccc2C)N(S(=O)(=O)c2ccc(C)cc2)C1. The molecule has 0 amide bonds. The molecule has 1 aliphatic heterocycles. The molecular weight excluding hydrogens is 433 g/mol. The van der Waals surface area contributed by atoms with E-state index in [1.54, 1.807) is 38.1 Å². The Balaban J connectivity index is 2.11. The van der Waals surface area contributed by atoms with E-state index < -0.39 is 23.7 Å². The molecule has 168 valence electrons. The van der Waals surface area contributed by atoms with Crippen molar-refractivity contribution in [3.63, 3.8) is 0 Å². The minimum atomic E-state index is -3.86. The van der Waals surface area contributed by atoms with Crippen molar-refractivity contribution in [3.05, 3.63) is 76.6 Å². The average Bonchev–Trinajstić information content (AvgIpc) is 2.74. The van der Waals surface area contributed by atoms with Gasteiger partial charge in [-0.1, -0.05) is 48.0 Å². The van der Waals surface area contributed by atoms with Crippen LogP contribution in [0.25, 0.3) is 0 Å². The van der Waals surface area contributed by atoms with Crippen LogP contribution in [0.3, 0.4) is 0 Å². The second kappa shape index (κ2) is 9.80. The van der Waals surface area contributed by atoms with Gasteiger partial charge in [0.05, 0.1) is 29.5 Å². The molecule has 2 aromatic rings. The zero-order chi connectivity index (χ0) is 22.6. The summed E-state index contributed by atoms with van der Waals surface area (Å²) < 4.78 is 53.2. The minimum Gasteiger partial charge on any atom is -0.306 e. The predicted molar refractivity (Wildman–Crippen MR) is 123 cm³/mol. The van der Waals surface area contributed by atoms with Crippen LogP contribution in [-0.4, -0.2) is 32.5 Å². The first-order valence-electron chi connectivity index (χ1n) is 10.5. The zero-order valence-electron chi connectivity index (χ0n) is 18.4. The van der Waals surface area contributed by atoms with Crippen LogP contribution < -0.4 is 0 Å². The van der Waals surface area contributed by atoms with Crippen LogP contribution >= 0.6 is 7.60 Å². The van der Waals surface area contributed by atoms with Gasteiger partial charge in [-0.2, -0.15) is 4.31 Å². The lowest BCUT2D eigenvalue weighted by Crippen LogP contribution is -2.39. The number of hydrogen-bond donors (Lipinski definition) is 0. The average molecular weight is 464 g/mol. The molecule has 8 heteroatoms. The first-order chi connectivity index (χ1) is 14.7. The molecule has 1 unspecified atom stereocenters. The third kappa shape index (κ3) is 5.02. The molecule has 6 nitrogen and oxygen atoms in total. The lowest BCUT2D eigenvalue weighted by Gasteiger charge is -2.36. The van der Waals surface area contributed by atoms with Gasteiger partial charge in [0.1, 0.15) is 0 Å². The predicted octanol–water partition coefficient (Wildman–Crippen LogP) is 5.59. The summed E-state index contributed by atoms with van der Waals surface area (Å²) in [5.74, 6) is 0. The molecule has 31 heavy (non-hydrogen) atoms. The Morgan fingerprint density at radius 1 is 1.00 bits per heavy atom. The Morgan fingerprint density at radius 2 is 1.61 bits per heavy atom. The summed E-state index contributed by atoms with van der Waals surface area (Å²) in [4.78, 5) is 0.209. The lowest BCUT2D eigenvalue weighted by atomic mass is 9.97. The molecule has 0 radical (unpaired) electrons. The van der Waals surface area contributed by atoms with Crippen molar-refractivity contribution in [1.82, 2.24) is 4.31 Å². The van der Waals surface area contributed by atoms with Crippen LogP contribution in [0.2, 0.25) is 0 Å². The van der Waals surface area contributed by atoms with Crippen LogP contribution in [-0.2, 0) is 23.6 Å². The molecule has 0 N–H and O–H groups in total. The standard InChI is InChI=1S/C23H30NO5PS/c1-5-28-30(25,29-6-2)20-13-16-23(22-10-8-7-9-19(22)4)24(17-20)31(26,27)21-14-11-18(3)12-15-21/h7-15,23H,5-6,16-17H2,1-4H3. The molecule has 2 aromatic carbocycles. The molecule has 1 aliphatic rings. The van der Waals surface area contributed by atoms with E-state index in [4.69, 9.17) is 9.05 Å². The second-order valence-electron chi connectivity index (χ2n) is 7.50. The Kier molecular flexibility index (Phi) is 7.55. The number of rotatable bonds is 8. The minimum absolute atomic E-state index is 0.0491. The number of sulfonamides is 1. The van der Waals surface area contributed by atoms with Gasteiger partial charge in [0.2, 0.25) is 10.0 Å². The van der Waals surface area contributed by atoms with Crippen LogP contribution in [0.1, 0.15) is 43.0 Å². The fraction of sp³-hybridized carbons (Fsp3) is 0.391. The maximum atomic E-state index is 13.7. The van der Waals surface area contributed by atoms with E-state index in [0.29, 0.717) is 11.7 Å². The van der Waals surface area contributed by atoms with Gasteiger partial charge in [-0.05, 0) is 57.4 Å². The monoisotopic (exact) mass is 463 g/mol. The Hall–Kier alpha value is -1.76. The molecule has 0 aliphatic carbocycles. The van der Waals surface area contributed by atoms with Gasteiger partial charge in [-0.25, -0.2) is 8.42 Å². The van der Waals surface area contributed by atoms with Gasteiger partial charge >= 0.3 is 7.60 Å². The maximum Gasteiger partial charge on any atom is 0.358 e. The van der Waals surface area contributed by atoms with E-state index in [1.807, 2.05) is 44.2 Å². The topological polar surface area (TPSA) is 72.9 Å². The fourth-order valence-electron chi connectivity index (χ4n) is 3.78.